The zero-order valence-corrected chi connectivity index (χ0v) is 19.2. The number of nitrogens with zero attached hydrogens (tertiary/aromatic N) is 1. The minimum absolute atomic E-state index is 0.179. The number of ether oxygens (including phenoxy) is 2. The van der Waals surface area contributed by atoms with E-state index in [1.165, 1.54) is 12.1 Å². The van der Waals surface area contributed by atoms with Gasteiger partial charge in [0.1, 0.15) is 11.6 Å². The highest BCUT2D eigenvalue weighted by molar-refractivity contribution is 6.01. The molecule has 0 unspecified atom stereocenters. The zero-order valence-electron chi connectivity index (χ0n) is 19.2. The molecule has 2 atom stereocenters. The molecular weight excluding hydrogens is 435 g/mol. The van der Waals surface area contributed by atoms with E-state index in [2.05, 4.69) is 5.32 Å². The standard InChI is InChI=1S/C27H27FN2O4/c1-33-16-15-29-26(31)24-22-5-3-4-6-23(22)27(32)30(17-18-7-11-20(28)12-8-18)25(24)19-9-13-21(34-2)14-10-19/h3-14,24-25H,15-17H2,1-2H3,(H,29,31)/t24-,25+/m0/s1. The number of carbonyl (C=O) groups is 2. The van der Waals surface area contributed by atoms with Gasteiger partial charge in [0, 0.05) is 25.8 Å². The first-order valence-electron chi connectivity index (χ1n) is 11.1. The largest absolute Gasteiger partial charge is 0.497 e. The van der Waals surface area contributed by atoms with Crippen molar-refractivity contribution in [3.05, 3.63) is 101 Å². The van der Waals surface area contributed by atoms with E-state index >= 15 is 0 Å². The molecule has 1 aliphatic heterocycles. The van der Waals surface area contributed by atoms with E-state index in [9.17, 15) is 14.0 Å². The van der Waals surface area contributed by atoms with Crippen LogP contribution in [0.2, 0.25) is 0 Å². The van der Waals surface area contributed by atoms with Crippen molar-refractivity contribution in [2.45, 2.75) is 18.5 Å². The Hall–Kier alpha value is -3.71. The van der Waals surface area contributed by atoms with Crippen molar-refractivity contribution in [3.8, 4) is 5.75 Å². The Labute approximate surface area is 198 Å². The highest BCUT2D eigenvalue weighted by atomic mass is 19.1. The molecule has 0 saturated heterocycles. The lowest BCUT2D eigenvalue weighted by Crippen LogP contribution is -2.47. The first-order chi connectivity index (χ1) is 16.5. The van der Waals surface area contributed by atoms with E-state index in [4.69, 9.17) is 9.47 Å². The van der Waals surface area contributed by atoms with Gasteiger partial charge in [0.05, 0.1) is 25.7 Å². The summed E-state index contributed by atoms with van der Waals surface area (Å²) in [4.78, 5) is 28.9. The van der Waals surface area contributed by atoms with Gasteiger partial charge in [-0.25, -0.2) is 4.39 Å². The van der Waals surface area contributed by atoms with Gasteiger partial charge in [-0.1, -0.05) is 42.5 Å². The Morgan fingerprint density at radius 1 is 1.00 bits per heavy atom. The van der Waals surface area contributed by atoms with E-state index in [0.29, 0.717) is 30.0 Å². The predicted molar refractivity (Wildman–Crippen MR) is 126 cm³/mol. The SMILES string of the molecule is COCCNC(=O)[C@H]1c2ccccc2C(=O)N(Cc2ccc(F)cc2)[C@@H]1c1ccc(OC)cc1. The van der Waals surface area contributed by atoms with Crippen LogP contribution in [0.1, 0.15) is 39.0 Å². The van der Waals surface area contributed by atoms with Crippen LogP contribution in [-0.4, -0.2) is 44.1 Å². The third kappa shape index (κ3) is 4.79. The quantitative estimate of drug-likeness (QED) is 0.513. The maximum atomic E-state index is 13.7. The minimum atomic E-state index is -0.639. The highest BCUT2D eigenvalue weighted by Gasteiger charge is 2.44. The van der Waals surface area contributed by atoms with Gasteiger partial charge in [0.25, 0.3) is 5.91 Å². The van der Waals surface area contributed by atoms with Gasteiger partial charge in [-0.05, 0) is 47.0 Å². The molecule has 4 rings (SSSR count). The number of benzene rings is 3. The van der Waals surface area contributed by atoms with E-state index in [1.807, 2.05) is 36.4 Å². The van der Waals surface area contributed by atoms with Crippen molar-refractivity contribution >= 4 is 11.8 Å². The number of hydrogen-bond donors (Lipinski definition) is 1. The maximum absolute atomic E-state index is 13.7. The average molecular weight is 463 g/mol. The van der Waals surface area contributed by atoms with Gasteiger partial charge in [-0.3, -0.25) is 9.59 Å². The zero-order chi connectivity index (χ0) is 24.1. The lowest BCUT2D eigenvalue weighted by Gasteiger charge is -2.42. The minimum Gasteiger partial charge on any atom is -0.497 e. The predicted octanol–water partition coefficient (Wildman–Crippen LogP) is 4.08. The fourth-order valence-corrected chi connectivity index (χ4v) is 4.40. The van der Waals surface area contributed by atoms with Gasteiger partial charge in [-0.2, -0.15) is 0 Å². The Kier molecular flexibility index (Phi) is 7.23. The number of carbonyl (C=O) groups excluding carboxylic acids is 2. The molecule has 176 valence electrons. The number of nitrogens with one attached hydrogen (secondary N) is 1. The number of amides is 2. The van der Waals surface area contributed by atoms with Crippen LogP contribution in [0.4, 0.5) is 4.39 Å². The molecule has 2 amide bonds. The van der Waals surface area contributed by atoms with Gasteiger partial charge >= 0.3 is 0 Å². The van der Waals surface area contributed by atoms with Crippen LogP contribution in [0.3, 0.4) is 0 Å². The van der Waals surface area contributed by atoms with Crippen LogP contribution in [-0.2, 0) is 16.1 Å². The lowest BCUT2D eigenvalue weighted by atomic mass is 9.79. The van der Waals surface area contributed by atoms with Crippen LogP contribution < -0.4 is 10.1 Å². The van der Waals surface area contributed by atoms with Crippen molar-refractivity contribution in [2.24, 2.45) is 0 Å². The molecule has 6 nitrogen and oxygen atoms in total. The summed E-state index contributed by atoms with van der Waals surface area (Å²) >= 11 is 0. The summed E-state index contributed by atoms with van der Waals surface area (Å²) in [5.41, 5.74) is 2.74. The van der Waals surface area contributed by atoms with Crippen LogP contribution in [0.15, 0.2) is 72.8 Å². The summed E-state index contributed by atoms with van der Waals surface area (Å²) in [6.45, 7) is 0.965. The average Bonchev–Trinajstić information content (AvgIpc) is 2.87. The smallest absolute Gasteiger partial charge is 0.255 e. The van der Waals surface area contributed by atoms with Crippen LogP contribution in [0.5, 0.6) is 5.75 Å². The van der Waals surface area contributed by atoms with E-state index in [0.717, 1.165) is 11.1 Å². The first-order valence-corrected chi connectivity index (χ1v) is 11.1. The molecule has 0 spiro atoms. The molecule has 1 aliphatic rings. The molecule has 0 bridgehead atoms. The lowest BCUT2D eigenvalue weighted by molar-refractivity contribution is -0.124. The van der Waals surface area contributed by atoms with Crippen LogP contribution in [0.25, 0.3) is 0 Å². The van der Waals surface area contributed by atoms with E-state index < -0.39 is 12.0 Å². The Bertz CT molecular complexity index is 1150. The third-order valence-electron chi connectivity index (χ3n) is 6.05. The van der Waals surface area contributed by atoms with Crippen molar-refractivity contribution in [3.63, 3.8) is 0 Å². The first kappa shape index (κ1) is 23.4. The van der Waals surface area contributed by atoms with E-state index in [-0.39, 0.29) is 24.2 Å². The molecule has 0 aliphatic carbocycles. The molecule has 7 heteroatoms. The van der Waals surface area contributed by atoms with Crippen LogP contribution >= 0.6 is 0 Å². The monoisotopic (exact) mass is 462 g/mol. The fourth-order valence-electron chi connectivity index (χ4n) is 4.40. The van der Waals surface area contributed by atoms with Crippen molar-refractivity contribution in [1.82, 2.24) is 10.2 Å². The second-order valence-corrected chi connectivity index (χ2v) is 8.13. The molecule has 1 heterocycles. The molecule has 34 heavy (non-hydrogen) atoms. The number of halogens is 1. The number of rotatable bonds is 8. The Morgan fingerprint density at radius 3 is 2.38 bits per heavy atom. The Balaban J connectivity index is 1.82. The van der Waals surface area contributed by atoms with Gasteiger partial charge in [-0.15, -0.1) is 0 Å². The second kappa shape index (κ2) is 10.5. The van der Waals surface area contributed by atoms with Gasteiger partial charge < -0.3 is 19.7 Å². The molecule has 0 saturated carbocycles. The van der Waals surface area contributed by atoms with E-state index in [1.54, 1.807) is 43.4 Å². The molecule has 3 aromatic rings. The van der Waals surface area contributed by atoms with Gasteiger partial charge in [0.15, 0.2) is 0 Å². The third-order valence-corrected chi connectivity index (χ3v) is 6.05. The Morgan fingerprint density at radius 2 is 1.71 bits per heavy atom. The summed E-state index contributed by atoms with van der Waals surface area (Å²) in [7, 11) is 3.16. The number of hydrogen-bond acceptors (Lipinski definition) is 4. The molecular formula is C27H27FN2O4. The highest BCUT2D eigenvalue weighted by Crippen LogP contribution is 2.43. The summed E-state index contributed by atoms with van der Waals surface area (Å²) in [5, 5.41) is 2.95. The summed E-state index contributed by atoms with van der Waals surface area (Å²) in [6, 6.07) is 20.1. The molecule has 0 fully saturated rings. The topological polar surface area (TPSA) is 67.9 Å². The maximum Gasteiger partial charge on any atom is 0.255 e. The second-order valence-electron chi connectivity index (χ2n) is 8.13. The summed E-state index contributed by atoms with van der Waals surface area (Å²) in [6.07, 6.45) is 0. The van der Waals surface area contributed by atoms with Crippen molar-refractivity contribution in [1.29, 1.82) is 0 Å². The fraction of sp³-hybridized carbons (Fsp3) is 0.259. The summed E-state index contributed by atoms with van der Waals surface area (Å²) in [5.74, 6) is -0.679. The van der Waals surface area contributed by atoms with Crippen molar-refractivity contribution in [2.75, 3.05) is 27.4 Å². The van der Waals surface area contributed by atoms with Crippen molar-refractivity contribution < 1.29 is 23.5 Å². The molecule has 0 radical (unpaired) electrons. The molecule has 3 aromatic carbocycles. The summed E-state index contributed by atoms with van der Waals surface area (Å²) < 4.78 is 23.9. The number of fused-ring (bicyclic) bond motifs is 1. The van der Waals surface area contributed by atoms with Gasteiger partial charge in [0.2, 0.25) is 5.91 Å². The molecule has 1 N–H and O–H groups in total. The normalized spacial score (nSPS) is 17.3. The molecule has 0 aromatic heterocycles. The number of methoxy groups -OCH3 is 2. The van der Waals surface area contributed by atoms with Crippen LogP contribution in [0, 0.1) is 5.82 Å².